The van der Waals surface area contributed by atoms with Crippen LogP contribution in [0.2, 0.25) is 0 Å². The van der Waals surface area contributed by atoms with Gasteiger partial charge in [0.2, 0.25) is 0 Å². The molecule has 1 saturated carbocycles. The Morgan fingerprint density at radius 3 is 2.29 bits per heavy atom. The zero-order chi connectivity index (χ0) is 10.6. The van der Waals surface area contributed by atoms with Crippen molar-refractivity contribution >= 4 is 6.03 Å². The molecule has 2 amide bonds. The van der Waals surface area contributed by atoms with E-state index in [9.17, 15) is 4.79 Å². The van der Waals surface area contributed by atoms with Crippen LogP contribution in [0.15, 0.2) is 0 Å². The van der Waals surface area contributed by atoms with Gasteiger partial charge in [-0.3, -0.25) is 0 Å². The van der Waals surface area contributed by atoms with Gasteiger partial charge in [0.15, 0.2) is 0 Å². The molecule has 1 fully saturated rings. The Morgan fingerprint density at radius 1 is 1.29 bits per heavy atom. The van der Waals surface area contributed by atoms with E-state index < -0.39 is 0 Å². The van der Waals surface area contributed by atoms with Gasteiger partial charge in [0.1, 0.15) is 0 Å². The summed E-state index contributed by atoms with van der Waals surface area (Å²) in [5.41, 5.74) is 0. The van der Waals surface area contributed by atoms with Crippen LogP contribution in [0.25, 0.3) is 0 Å². The predicted molar refractivity (Wildman–Crippen MR) is 58.3 cm³/mol. The standard InChI is InChI=1S/C11H22N2O/c1-4-9-5-7-10(8-6-9)12-11(14)13(2)3/h9-10H,4-8H2,1-3H3,(H,12,14). The molecule has 3 heteroatoms. The molecular formula is C11H22N2O. The second kappa shape index (κ2) is 5.23. The molecule has 3 nitrogen and oxygen atoms in total. The summed E-state index contributed by atoms with van der Waals surface area (Å²) in [6.07, 6.45) is 6.13. The summed E-state index contributed by atoms with van der Waals surface area (Å²) in [5.74, 6) is 0.891. The highest BCUT2D eigenvalue weighted by atomic mass is 16.2. The Morgan fingerprint density at radius 2 is 1.86 bits per heavy atom. The molecule has 0 saturated heterocycles. The number of urea groups is 1. The average Bonchev–Trinajstić information content (AvgIpc) is 2.19. The predicted octanol–water partition coefficient (Wildman–Crippen LogP) is 2.23. The molecule has 1 N–H and O–H groups in total. The molecule has 1 aliphatic carbocycles. The van der Waals surface area contributed by atoms with Crippen LogP contribution in [-0.2, 0) is 0 Å². The van der Waals surface area contributed by atoms with Gasteiger partial charge in [-0.25, -0.2) is 4.79 Å². The molecule has 0 aromatic carbocycles. The number of rotatable bonds is 2. The van der Waals surface area contributed by atoms with Crippen molar-refractivity contribution in [2.75, 3.05) is 14.1 Å². The minimum absolute atomic E-state index is 0.0462. The second-order valence-electron chi connectivity index (χ2n) is 4.47. The van der Waals surface area contributed by atoms with Crippen LogP contribution in [0, 0.1) is 5.92 Å². The van der Waals surface area contributed by atoms with Gasteiger partial charge in [0, 0.05) is 20.1 Å². The van der Waals surface area contributed by atoms with Gasteiger partial charge in [0.25, 0.3) is 0 Å². The van der Waals surface area contributed by atoms with Gasteiger partial charge >= 0.3 is 6.03 Å². The number of hydrogen-bond donors (Lipinski definition) is 1. The molecule has 14 heavy (non-hydrogen) atoms. The van der Waals surface area contributed by atoms with Crippen LogP contribution in [0.3, 0.4) is 0 Å². The lowest BCUT2D eigenvalue weighted by atomic mass is 9.85. The quantitative estimate of drug-likeness (QED) is 0.725. The van der Waals surface area contributed by atoms with E-state index in [2.05, 4.69) is 12.2 Å². The number of nitrogens with zero attached hydrogens (tertiary/aromatic N) is 1. The second-order valence-corrected chi connectivity index (χ2v) is 4.47. The zero-order valence-corrected chi connectivity index (χ0v) is 9.55. The first-order valence-corrected chi connectivity index (χ1v) is 5.61. The van der Waals surface area contributed by atoms with E-state index in [0.29, 0.717) is 6.04 Å². The van der Waals surface area contributed by atoms with Crippen molar-refractivity contribution in [3.8, 4) is 0 Å². The highest BCUT2D eigenvalue weighted by molar-refractivity contribution is 5.73. The Labute approximate surface area is 86.9 Å². The molecule has 0 heterocycles. The summed E-state index contributed by atoms with van der Waals surface area (Å²) >= 11 is 0. The maximum absolute atomic E-state index is 11.4. The fourth-order valence-electron chi connectivity index (χ4n) is 2.02. The van der Waals surface area contributed by atoms with E-state index >= 15 is 0 Å². The first-order chi connectivity index (χ1) is 6.63. The van der Waals surface area contributed by atoms with Crippen molar-refractivity contribution < 1.29 is 4.79 Å². The molecule has 1 aliphatic rings. The number of amides is 2. The van der Waals surface area contributed by atoms with Crippen molar-refractivity contribution in [2.45, 2.75) is 45.1 Å². The van der Waals surface area contributed by atoms with E-state index in [1.165, 1.54) is 19.3 Å². The minimum Gasteiger partial charge on any atom is -0.335 e. The van der Waals surface area contributed by atoms with Crippen LogP contribution in [-0.4, -0.2) is 31.1 Å². The summed E-state index contributed by atoms with van der Waals surface area (Å²) in [7, 11) is 3.57. The van der Waals surface area contributed by atoms with Crippen LogP contribution in [0.4, 0.5) is 4.79 Å². The molecule has 0 spiro atoms. The molecule has 0 aromatic heterocycles. The number of carbonyl (C=O) groups is 1. The smallest absolute Gasteiger partial charge is 0.317 e. The van der Waals surface area contributed by atoms with Crippen LogP contribution in [0.1, 0.15) is 39.0 Å². The number of hydrogen-bond acceptors (Lipinski definition) is 1. The third-order valence-corrected chi connectivity index (χ3v) is 3.16. The number of carbonyl (C=O) groups excluding carboxylic acids is 1. The number of nitrogens with one attached hydrogen (secondary N) is 1. The summed E-state index contributed by atoms with van der Waals surface area (Å²) < 4.78 is 0. The van der Waals surface area contributed by atoms with E-state index in [1.54, 1.807) is 19.0 Å². The first kappa shape index (κ1) is 11.3. The molecular weight excluding hydrogens is 176 g/mol. The summed E-state index contributed by atoms with van der Waals surface area (Å²) in [5, 5.41) is 3.05. The summed E-state index contributed by atoms with van der Waals surface area (Å²) in [6, 6.07) is 0.456. The van der Waals surface area contributed by atoms with Crippen molar-refractivity contribution in [1.82, 2.24) is 10.2 Å². The SMILES string of the molecule is CCC1CCC(NC(=O)N(C)C)CC1. The lowest BCUT2D eigenvalue weighted by Crippen LogP contribution is -2.42. The maximum Gasteiger partial charge on any atom is 0.317 e. The van der Waals surface area contributed by atoms with Crippen molar-refractivity contribution in [1.29, 1.82) is 0 Å². The minimum atomic E-state index is 0.0462. The van der Waals surface area contributed by atoms with Crippen LogP contribution >= 0.6 is 0 Å². The van der Waals surface area contributed by atoms with Crippen LogP contribution < -0.4 is 5.32 Å². The highest BCUT2D eigenvalue weighted by Crippen LogP contribution is 2.26. The lowest BCUT2D eigenvalue weighted by molar-refractivity contribution is 0.204. The molecule has 0 radical (unpaired) electrons. The topological polar surface area (TPSA) is 32.3 Å². The molecule has 82 valence electrons. The lowest BCUT2D eigenvalue weighted by Gasteiger charge is -2.29. The van der Waals surface area contributed by atoms with Gasteiger partial charge in [-0.05, 0) is 31.6 Å². The Hall–Kier alpha value is -0.730. The monoisotopic (exact) mass is 198 g/mol. The molecule has 0 aliphatic heterocycles. The van der Waals surface area contributed by atoms with Gasteiger partial charge in [-0.2, -0.15) is 0 Å². The fraction of sp³-hybridized carbons (Fsp3) is 0.909. The van der Waals surface area contributed by atoms with E-state index in [4.69, 9.17) is 0 Å². The fourth-order valence-corrected chi connectivity index (χ4v) is 2.02. The Kier molecular flexibility index (Phi) is 4.23. The molecule has 0 bridgehead atoms. The van der Waals surface area contributed by atoms with E-state index in [1.807, 2.05) is 0 Å². The van der Waals surface area contributed by atoms with Crippen LogP contribution in [0.5, 0.6) is 0 Å². The third kappa shape index (κ3) is 3.20. The summed E-state index contributed by atoms with van der Waals surface area (Å²) in [4.78, 5) is 13.0. The van der Waals surface area contributed by atoms with Gasteiger partial charge in [-0.1, -0.05) is 13.3 Å². The Bertz CT molecular complexity index is 184. The van der Waals surface area contributed by atoms with Gasteiger partial charge in [-0.15, -0.1) is 0 Å². The van der Waals surface area contributed by atoms with Gasteiger partial charge in [0.05, 0.1) is 0 Å². The zero-order valence-electron chi connectivity index (χ0n) is 9.55. The molecule has 0 atom stereocenters. The molecule has 0 aromatic rings. The molecule has 0 unspecified atom stereocenters. The molecule has 1 rings (SSSR count). The average molecular weight is 198 g/mol. The van der Waals surface area contributed by atoms with Crippen molar-refractivity contribution in [3.63, 3.8) is 0 Å². The first-order valence-electron chi connectivity index (χ1n) is 5.61. The van der Waals surface area contributed by atoms with Crippen molar-refractivity contribution in [2.24, 2.45) is 5.92 Å². The largest absolute Gasteiger partial charge is 0.335 e. The maximum atomic E-state index is 11.4. The van der Waals surface area contributed by atoms with E-state index in [0.717, 1.165) is 18.8 Å². The summed E-state index contributed by atoms with van der Waals surface area (Å²) in [6.45, 7) is 2.25. The Balaban J connectivity index is 2.25. The highest BCUT2D eigenvalue weighted by Gasteiger charge is 2.21. The normalized spacial score (nSPS) is 27.1. The van der Waals surface area contributed by atoms with Crippen molar-refractivity contribution in [3.05, 3.63) is 0 Å². The van der Waals surface area contributed by atoms with Gasteiger partial charge < -0.3 is 10.2 Å². The third-order valence-electron chi connectivity index (χ3n) is 3.16. The van der Waals surface area contributed by atoms with E-state index in [-0.39, 0.29) is 6.03 Å².